The Labute approximate surface area is 188 Å². The van der Waals surface area contributed by atoms with Gasteiger partial charge in [-0.2, -0.15) is 0 Å². The number of phenolic OH excluding ortho intramolecular Hbond substituents is 1. The quantitative estimate of drug-likeness (QED) is 0.518. The maximum Gasteiger partial charge on any atom is 0.258 e. The summed E-state index contributed by atoms with van der Waals surface area (Å²) in [6, 6.07) is 17.7. The fraction of sp³-hybridized carbons (Fsp3) is 0.250. The number of fused-ring (bicyclic) bond motifs is 1. The predicted octanol–water partition coefficient (Wildman–Crippen LogP) is 4.11. The highest BCUT2D eigenvalue weighted by Crippen LogP contribution is 2.31. The summed E-state index contributed by atoms with van der Waals surface area (Å²) in [5, 5.41) is 15.0. The molecule has 1 fully saturated rings. The van der Waals surface area contributed by atoms with Crippen molar-refractivity contribution in [2.45, 2.75) is 18.9 Å². The molecule has 2 amide bonds. The molecule has 0 radical (unpaired) electrons. The van der Waals surface area contributed by atoms with Crippen molar-refractivity contribution in [2.75, 3.05) is 19.7 Å². The van der Waals surface area contributed by atoms with Crippen molar-refractivity contribution < 1.29 is 19.4 Å². The van der Waals surface area contributed by atoms with Crippen LogP contribution in [-0.4, -0.2) is 47.6 Å². The van der Waals surface area contributed by atoms with Crippen LogP contribution in [0.15, 0.2) is 65.1 Å². The van der Waals surface area contributed by atoms with Crippen molar-refractivity contribution in [3.05, 3.63) is 70.7 Å². The zero-order chi connectivity index (χ0) is 21.8. The number of ether oxygens (including phenoxy) is 1. The molecule has 1 aliphatic heterocycles. The Bertz CT molecular complexity index is 1120. The molecule has 0 aliphatic carbocycles. The normalized spacial score (nSPS) is 15.8. The van der Waals surface area contributed by atoms with Crippen LogP contribution in [-0.2, 0) is 4.79 Å². The van der Waals surface area contributed by atoms with E-state index in [2.05, 4.69) is 21.2 Å². The maximum absolute atomic E-state index is 13.1. The van der Waals surface area contributed by atoms with Crippen LogP contribution in [0.4, 0.5) is 0 Å². The van der Waals surface area contributed by atoms with E-state index in [0.717, 1.165) is 16.3 Å². The Morgan fingerprint density at radius 1 is 1.13 bits per heavy atom. The Morgan fingerprint density at radius 2 is 1.97 bits per heavy atom. The number of benzene rings is 3. The van der Waals surface area contributed by atoms with Crippen molar-refractivity contribution in [3.8, 4) is 11.5 Å². The second kappa shape index (κ2) is 9.39. The molecule has 0 spiro atoms. The molecule has 2 N–H and O–H groups in total. The minimum atomic E-state index is -0.552. The first-order valence-electron chi connectivity index (χ1n) is 10.2. The summed E-state index contributed by atoms with van der Waals surface area (Å²) in [5.41, 5.74) is 0.219. The topological polar surface area (TPSA) is 78.9 Å². The molecule has 1 unspecified atom stereocenters. The Kier molecular flexibility index (Phi) is 6.42. The highest BCUT2D eigenvalue weighted by Gasteiger charge is 2.35. The summed E-state index contributed by atoms with van der Waals surface area (Å²) in [6.07, 6.45) is 1.34. The van der Waals surface area contributed by atoms with Crippen LogP contribution in [0.5, 0.6) is 11.5 Å². The molecule has 160 valence electrons. The van der Waals surface area contributed by atoms with Gasteiger partial charge in [0.05, 0.1) is 12.1 Å². The van der Waals surface area contributed by atoms with E-state index in [-0.39, 0.29) is 23.1 Å². The minimum absolute atomic E-state index is 0.0448. The van der Waals surface area contributed by atoms with Gasteiger partial charge in [-0.1, -0.05) is 52.3 Å². The third-order valence-electron chi connectivity index (χ3n) is 5.41. The van der Waals surface area contributed by atoms with Gasteiger partial charge in [0.15, 0.2) is 0 Å². The van der Waals surface area contributed by atoms with Crippen LogP contribution in [0.3, 0.4) is 0 Å². The molecule has 1 saturated heterocycles. The standard InChI is InChI=1S/C24H23BrN2O4/c25-17-6-3-7-18(15-17)31-14-12-26-23(29)21-9-4-13-27(21)24(30)20-11-10-16-5-1-2-8-19(16)22(20)28/h1-3,5-8,10-11,15,21,28H,4,9,12-14H2,(H,26,29). The molecule has 3 aromatic rings. The molecule has 6 nitrogen and oxygen atoms in total. The predicted molar refractivity (Wildman–Crippen MR) is 122 cm³/mol. The lowest BCUT2D eigenvalue weighted by Crippen LogP contribution is -2.46. The molecule has 1 aliphatic rings. The second-order valence-electron chi connectivity index (χ2n) is 7.44. The Balaban J connectivity index is 1.38. The zero-order valence-corrected chi connectivity index (χ0v) is 18.5. The molecule has 0 saturated carbocycles. The van der Waals surface area contributed by atoms with Crippen LogP contribution in [0.25, 0.3) is 10.8 Å². The fourth-order valence-corrected chi connectivity index (χ4v) is 4.26. The van der Waals surface area contributed by atoms with Crippen LogP contribution >= 0.6 is 15.9 Å². The summed E-state index contributed by atoms with van der Waals surface area (Å²) >= 11 is 3.39. The maximum atomic E-state index is 13.1. The number of nitrogens with zero attached hydrogens (tertiary/aromatic N) is 1. The molecular formula is C24H23BrN2O4. The first-order valence-corrected chi connectivity index (χ1v) is 11.0. The van der Waals surface area contributed by atoms with Crippen molar-refractivity contribution in [2.24, 2.45) is 0 Å². The van der Waals surface area contributed by atoms with E-state index < -0.39 is 6.04 Å². The molecule has 0 bridgehead atoms. The molecule has 1 atom stereocenters. The zero-order valence-electron chi connectivity index (χ0n) is 16.9. The lowest BCUT2D eigenvalue weighted by molar-refractivity contribution is -0.124. The molecular weight excluding hydrogens is 460 g/mol. The van der Waals surface area contributed by atoms with E-state index in [0.29, 0.717) is 37.3 Å². The number of phenols is 1. The van der Waals surface area contributed by atoms with E-state index in [1.165, 1.54) is 0 Å². The monoisotopic (exact) mass is 482 g/mol. The van der Waals surface area contributed by atoms with Gasteiger partial charge in [-0.3, -0.25) is 9.59 Å². The van der Waals surface area contributed by atoms with E-state index >= 15 is 0 Å². The van der Waals surface area contributed by atoms with Gasteiger partial charge in [-0.05, 0) is 42.5 Å². The average Bonchev–Trinajstić information content (AvgIpc) is 3.27. The summed E-state index contributed by atoms with van der Waals surface area (Å²) in [7, 11) is 0. The number of aromatic hydroxyl groups is 1. The third kappa shape index (κ3) is 4.66. The van der Waals surface area contributed by atoms with Crippen molar-refractivity contribution in [3.63, 3.8) is 0 Å². The molecule has 4 rings (SSSR count). The minimum Gasteiger partial charge on any atom is -0.506 e. The summed E-state index contributed by atoms with van der Waals surface area (Å²) in [6.45, 7) is 1.15. The Hall–Kier alpha value is -3.06. The lowest BCUT2D eigenvalue weighted by atomic mass is 10.0. The lowest BCUT2D eigenvalue weighted by Gasteiger charge is -2.24. The van der Waals surface area contributed by atoms with Crippen molar-refractivity contribution >= 4 is 38.5 Å². The summed E-state index contributed by atoms with van der Waals surface area (Å²) < 4.78 is 6.56. The first-order chi connectivity index (χ1) is 15.0. The SMILES string of the molecule is O=C(NCCOc1cccc(Br)c1)C1CCCN1C(=O)c1ccc2ccccc2c1O. The largest absolute Gasteiger partial charge is 0.506 e. The third-order valence-corrected chi connectivity index (χ3v) is 5.91. The smallest absolute Gasteiger partial charge is 0.258 e. The average molecular weight is 483 g/mol. The molecule has 7 heteroatoms. The van der Waals surface area contributed by atoms with Gasteiger partial charge in [-0.25, -0.2) is 0 Å². The number of likely N-dealkylation sites (tertiary alicyclic amines) is 1. The van der Waals surface area contributed by atoms with Crippen LogP contribution in [0.2, 0.25) is 0 Å². The molecule has 1 heterocycles. The van der Waals surface area contributed by atoms with E-state index in [1.807, 2.05) is 48.5 Å². The summed E-state index contributed by atoms with van der Waals surface area (Å²) in [4.78, 5) is 27.4. The number of carbonyl (C=O) groups is 2. The van der Waals surface area contributed by atoms with E-state index in [1.54, 1.807) is 17.0 Å². The number of carbonyl (C=O) groups excluding carboxylic acids is 2. The van der Waals surface area contributed by atoms with Crippen LogP contribution in [0.1, 0.15) is 23.2 Å². The number of hydrogen-bond donors (Lipinski definition) is 2. The van der Waals surface area contributed by atoms with E-state index in [9.17, 15) is 14.7 Å². The van der Waals surface area contributed by atoms with Gasteiger partial charge in [0.2, 0.25) is 5.91 Å². The van der Waals surface area contributed by atoms with Gasteiger partial charge >= 0.3 is 0 Å². The van der Waals surface area contributed by atoms with Gasteiger partial charge in [0, 0.05) is 16.4 Å². The van der Waals surface area contributed by atoms with Crippen molar-refractivity contribution in [1.82, 2.24) is 10.2 Å². The van der Waals surface area contributed by atoms with Crippen LogP contribution in [0, 0.1) is 0 Å². The number of hydrogen-bond acceptors (Lipinski definition) is 4. The van der Waals surface area contributed by atoms with Gasteiger partial charge in [0.1, 0.15) is 24.1 Å². The number of halogens is 1. The van der Waals surface area contributed by atoms with Gasteiger partial charge < -0.3 is 20.1 Å². The Morgan fingerprint density at radius 3 is 2.81 bits per heavy atom. The number of nitrogens with one attached hydrogen (secondary N) is 1. The number of amides is 2. The first kappa shape index (κ1) is 21.2. The molecule has 3 aromatic carbocycles. The summed E-state index contributed by atoms with van der Waals surface area (Å²) in [5.74, 6) is 0.139. The number of rotatable bonds is 6. The highest BCUT2D eigenvalue weighted by molar-refractivity contribution is 9.10. The van der Waals surface area contributed by atoms with E-state index in [4.69, 9.17) is 4.74 Å². The molecule has 31 heavy (non-hydrogen) atoms. The highest BCUT2D eigenvalue weighted by atomic mass is 79.9. The second-order valence-corrected chi connectivity index (χ2v) is 8.35. The fourth-order valence-electron chi connectivity index (χ4n) is 3.88. The van der Waals surface area contributed by atoms with Gasteiger partial charge in [0.25, 0.3) is 5.91 Å². The van der Waals surface area contributed by atoms with Crippen LogP contribution < -0.4 is 10.1 Å². The van der Waals surface area contributed by atoms with Crippen molar-refractivity contribution in [1.29, 1.82) is 0 Å². The molecule has 0 aromatic heterocycles. The van der Waals surface area contributed by atoms with Gasteiger partial charge in [-0.15, -0.1) is 0 Å².